The minimum Gasteiger partial charge on any atom is -0.480 e. The molecule has 1 rings (SSSR count). The Bertz CT molecular complexity index is 368. The van der Waals surface area contributed by atoms with Gasteiger partial charge in [0.15, 0.2) is 0 Å². The molecule has 88 valence electrons. The Labute approximate surface area is 101 Å². The molecule has 0 aliphatic rings. The maximum atomic E-state index is 10.7. The number of rotatable bonds is 5. The molecule has 3 nitrogen and oxygen atoms in total. The van der Waals surface area contributed by atoms with Gasteiger partial charge in [-0.15, -0.1) is 0 Å². The van der Waals surface area contributed by atoms with Gasteiger partial charge >= 0.3 is 5.97 Å². The Balaban J connectivity index is 2.85. The highest BCUT2D eigenvalue weighted by molar-refractivity contribution is 6.30. The summed E-state index contributed by atoms with van der Waals surface area (Å²) in [6.07, 6.45) is 0.851. The van der Waals surface area contributed by atoms with Gasteiger partial charge in [0, 0.05) is 11.1 Å². The number of carbonyl (C=O) groups is 1. The lowest BCUT2D eigenvalue weighted by molar-refractivity contribution is -0.138. The first-order chi connectivity index (χ1) is 7.54. The number of carboxylic acid groups (broad SMARTS) is 1. The van der Waals surface area contributed by atoms with Gasteiger partial charge in [-0.05, 0) is 31.2 Å². The molecule has 0 aromatic heterocycles. The van der Waals surface area contributed by atoms with E-state index in [9.17, 15) is 4.79 Å². The Kier molecular flexibility index (Phi) is 4.77. The summed E-state index contributed by atoms with van der Waals surface area (Å²) in [5.41, 5.74) is 1.05. The van der Waals surface area contributed by atoms with E-state index in [0.29, 0.717) is 5.02 Å². The van der Waals surface area contributed by atoms with Crippen LogP contribution in [-0.2, 0) is 4.79 Å². The number of hydrogen-bond acceptors (Lipinski definition) is 2. The summed E-state index contributed by atoms with van der Waals surface area (Å²) in [6, 6.07) is 7.64. The molecule has 16 heavy (non-hydrogen) atoms. The summed E-state index contributed by atoms with van der Waals surface area (Å²) in [7, 11) is 1.81. The van der Waals surface area contributed by atoms with E-state index >= 15 is 0 Å². The van der Waals surface area contributed by atoms with Crippen molar-refractivity contribution in [2.24, 2.45) is 0 Å². The van der Waals surface area contributed by atoms with E-state index in [0.717, 1.165) is 12.0 Å². The fourth-order valence-corrected chi connectivity index (χ4v) is 2.04. The van der Waals surface area contributed by atoms with Crippen LogP contribution in [0.2, 0.25) is 5.02 Å². The van der Waals surface area contributed by atoms with Crippen LogP contribution in [0.15, 0.2) is 24.3 Å². The average Bonchev–Trinajstić information content (AvgIpc) is 2.17. The molecule has 0 radical (unpaired) electrons. The van der Waals surface area contributed by atoms with E-state index in [4.69, 9.17) is 16.7 Å². The van der Waals surface area contributed by atoms with Gasteiger partial charge in [0.05, 0.1) is 6.54 Å². The van der Waals surface area contributed by atoms with E-state index in [1.54, 1.807) is 0 Å². The van der Waals surface area contributed by atoms with Crippen LogP contribution in [0.3, 0.4) is 0 Å². The molecule has 0 bridgehead atoms. The predicted octanol–water partition coefficient (Wildman–Crippen LogP) is 2.81. The van der Waals surface area contributed by atoms with Crippen molar-refractivity contribution in [3.05, 3.63) is 34.9 Å². The van der Waals surface area contributed by atoms with Crippen LogP contribution >= 0.6 is 11.6 Å². The number of benzene rings is 1. The van der Waals surface area contributed by atoms with Crippen molar-refractivity contribution in [1.29, 1.82) is 0 Å². The molecule has 0 saturated carbocycles. The quantitative estimate of drug-likeness (QED) is 0.862. The van der Waals surface area contributed by atoms with Crippen molar-refractivity contribution >= 4 is 17.6 Å². The lowest BCUT2D eigenvalue weighted by Gasteiger charge is -2.26. The normalized spacial score (nSPS) is 12.8. The standard InChI is InChI=1S/C12H16ClNO2/c1-3-11(14(2)8-12(15)16)9-5-4-6-10(13)7-9/h4-7,11H,3,8H2,1-2H3,(H,15,16). The minimum absolute atomic E-state index is 0.0328. The van der Waals surface area contributed by atoms with E-state index in [-0.39, 0.29) is 12.6 Å². The average molecular weight is 242 g/mol. The number of nitrogens with zero attached hydrogens (tertiary/aromatic N) is 1. The third kappa shape index (κ3) is 3.51. The number of hydrogen-bond donors (Lipinski definition) is 1. The fourth-order valence-electron chi connectivity index (χ4n) is 1.84. The first-order valence-electron chi connectivity index (χ1n) is 5.22. The molecule has 0 saturated heterocycles. The molecule has 0 amide bonds. The maximum absolute atomic E-state index is 10.7. The number of aliphatic carboxylic acids is 1. The van der Waals surface area contributed by atoms with Crippen molar-refractivity contribution in [3.8, 4) is 0 Å². The topological polar surface area (TPSA) is 40.5 Å². The van der Waals surface area contributed by atoms with Crippen molar-refractivity contribution in [3.63, 3.8) is 0 Å². The van der Waals surface area contributed by atoms with Gasteiger partial charge in [-0.25, -0.2) is 0 Å². The molecule has 1 atom stereocenters. The second-order valence-corrected chi connectivity index (χ2v) is 4.22. The number of halogens is 1. The van der Waals surface area contributed by atoms with Crippen molar-refractivity contribution in [2.45, 2.75) is 19.4 Å². The van der Waals surface area contributed by atoms with Crippen LogP contribution in [0.5, 0.6) is 0 Å². The SMILES string of the molecule is CCC(c1cccc(Cl)c1)N(C)CC(=O)O. The third-order valence-electron chi connectivity index (χ3n) is 2.54. The van der Waals surface area contributed by atoms with Gasteiger partial charge in [0.1, 0.15) is 0 Å². The minimum atomic E-state index is -0.817. The largest absolute Gasteiger partial charge is 0.480 e. The summed E-state index contributed by atoms with van der Waals surface area (Å²) in [5, 5.41) is 9.44. The molecule has 0 fully saturated rings. The highest BCUT2D eigenvalue weighted by Gasteiger charge is 2.17. The van der Waals surface area contributed by atoms with Crippen molar-refractivity contribution in [1.82, 2.24) is 4.90 Å². The van der Waals surface area contributed by atoms with Crippen molar-refractivity contribution in [2.75, 3.05) is 13.6 Å². The molecule has 0 heterocycles. The number of carboxylic acids is 1. The van der Waals surface area contributed by atoms with Gasteiger partial charge < -0.3 is 5.11 Å². The first kappa shape index (κ1) is 13.0. The lowest BCUT2D eigenvalue weighted by Crippen LogP contribution is -2.29. The highest BCUT2D eigenvalue weighted by atomic mass is 35.5. The van der Waals surface area contributed by atoms with E-state index in [1.165, 1.54) is 0 Å². The Morgan fingerprint density at radius 1 is 1.56 bits per heavy atom. The molecule has 1 unspecified atom stereocenters. The third-order valence-corrected chi connectivity index (χ3v) is 2.77. The molecule has 0 aliphatic carbocycles. The highest BCUT2D eigenvalue weighted by Crippen LogP contribution is 2.24. The summed E-state index contributed by atoms with van der Waals surface area (Å²) >= 11 is 5.92. The van der Waals surface area contributed by atoms with Gasteiger partial charge in [0.25, 0.3) is 0 Å². The summed E-state index contributed by atoms with van der Waals surface area (Å²) in [4.78, 5) is 12.5. The molecule has 1 N–H and O–H groups in total. The van der Waals surface area contributed by atoms with Crippen LogP contribution in [0.1, 0.15) is 24.9 Å². The Morgan fingerprint density at radius 2 is 2.25 bits per heavy atom. The van der Waals surface area contributed by atoms with Gasteiger partial charge in [-0.2, -0.15) is 0 Å². The maximum Gasteiger partial charge on any atom is 0.317 e. The summed E-state index contributed by atoms with van der Waals surface area (Å²) < 4.78 is 0. The molecule has 1 aromatic carbocycles. The van der Waals surface area contributed by atoms with E-state index in [1.807, 2.05) is 43.1 Å². The summed E-state index contributed by atoms with van der Waals surface area (Å²) in [6.45, 7) is 2.06. The van der Waals surface area contributed by atoms with Crippen LogP contribution in [0, 0.1) is 0 Å². The van der Waals surface area contributed by atoms with Crippen LogP contribution in [0.4, 0.5) is 0 Å². The second-order valence-electron chi connectivity index (χ2n) is 3.79. The van der Waals surface area contributed by atoms with Crippen molar-refractivity contribution < 1.29 is 9.90 Å². The summed E-state index contributed by atoms with van der Waals surface area (Å²) in [5.74, 6) is -0.817. The van der Waals surface area contributed by atoms with E-state index < -0.39 is 5.97 Å². The molecule has 1 aromatic rings. The predicted molar refractivity (Wildman–Crippen MR) is 64.7 cm³/mol. The molecule has 4 heteroatoms. The molecule has 0 aliphatic heterocycles. The van der Waals surface area contributed by atoms with Crippen LogP contribution in [-0.4, -0.2) is 29.6 Å². The molecular weight excluding hydrogens is 226 g/mol. The van der Waals surface area contributed by atoms with Crippen LogP contribution in [0.25, 0.3) is 0 Å². The Morgan fingerprint density at radius 3 is 2.75 bits per heavy atom. The lowest BCUT2D eigenvalue weighted by atomic mass is 10.0. The second kappa shape index (κ2) is 5.87. The fraction of sp³-hybridized carbons (Fsp3) is 0.417. The Hall–Kier alpha value is -1.06. The zero-order valence-electron chi connectivity index (χ0n) is 9.48. The smallest absolute Gasteiger partial charge is 0.317 e. The van der Waals surface area contributed by atoms with Crippen LogP contribution < -0.4 is 0 Å². The van der Waals surface area contributed by atoms with Gasteiger partial charge in [0.2, 0.25) is 0 Å². The zero-order valence-corrected chi connectivity index (χ0v) is 10.2. The number of likely N-dealkylation sites (N-methyl/N-ethyl adjacent to an activating group) is 1. The van der Waals surface area contributed by atoms with Gasteiger partial charge in [-0.3, -0.25) is 9.69 Å². The zero-order chi connectivity index (χ0) is 12.1. The molecular formula is C12H16ClNO2. The molecule has 0 spiro atoms. The van der Waals surface area contributed by atoms with Gasteiger partial charge in [-0.1, -0.05) is 30.7 Å². The monoisotopic (exact) mass is 241 g/mol. The first-order valence-corrected chi connectivity index (χ1v) is 5.60. The van der Waals surface area contributed by atoms with E-state index in [2.05, 4.69) is 0 Å².